The van der Waals surface area contributed by atoms with Gasteiger partial charge in [0.25, 0.3) is 0 Å². The Hall–Kier alpha value is -0.310. The van der Waals surface area contributed by atoms with E-state index in [0.717, 1.165) is 16.0 Å². The highest BCUT2D eigenvalue weighted by Crippen LogP contribution is 2.34. The molecule has 0 radical (unpaired) electrons. The monoisotopic (exact) mass is 341 g/mol. The minimum absolute atomic E-state index is 0.288. The molecule has 0 saturated heterocycles. The summed E-state index contributed by atoms with van der Waals surface area (Å²) >= 11 is 9.83. The van der Waals surface area contributed by atoms with Gasteiger partial charge in [0.2, 0.25) is 0 Å². The normalized spacial score (nSPS) is 17.7. The molecule has 0 saturated carbocycles. The van der Waals surface area contributed by atoms with Gasteiger partial charge in [0.15, 0.2) is 0 Å². The lowest BCUT2D eigenvalue weighted by Gasteiger charge is -2.23. The standard InChI is InChI=1S/C16H21BrClN/c1-2-19-16(12-7-5-3-4-6-8-12)14-11-13(18)9-10-15(14)17/h7,9-11,16,19H,2-6,8H2,1H3. The molecule has 0 fully saturated rings. The molecule has 1 N–H and O–H groups in total. The van der Waals surface area contributed by atoms with Gasteiger partial charge in [0.05, 0.1) is 6.04 Å². The Morgan fingerprint density at radius 2 is 2.16 bits per heavy atom. The molecular weight excluding hydrogens is 322 g/mol. The highest BCUT2D eigenvalue weighted by atomic mass is 79.9. The van der Waals surface area contributed by atoms with Crippen molar-refractivity contribution >= 4 is 27.5 Å². The summed E-state index contributed by atoms with van der Waals surface area (Å²) in [4.78, 5) is 0. The topological polar surface area (TPSA) is 12.0 Å². The van der Waals surface area contributed by atoms with Crippen molar-refractivity contribution in [3.63, 3.8) is 0 Å². The first-order chi connectivity index (χ1) is 9.22. The fraction of sp³-hybridized carbons (Fsp3) is 0.500. The largest absolute Gasteiger partial charge is 0.307 e. The lowest BCUT2D eigenvalue weighted by atomic mass is 9.95. The van der Waals surface area contributed by atoms with Crippen LogP contribution in [-0.2, 0) is 0 Å². The average Bonchev–Trinajstić information content (AvgIpc) is 2.68. The molecule has 0 bridgehead atoms. The van der Waals surface area contributed by atoms with Crippen LogP contribution in [0.15, 0.2) is 34.3 Å². The fourth-order valence-electron chi connectivity index (χ4n) is 2.68. The van der Waals surface area contributed by atoms with E-state index in [1.807, 2.05) is 12.1 Å². The van der Waals surface area contributed by atoms with E-state index in [2.05, 4.69) is 40.3 Å². The molecule has 1 unspecified atom stereocenters. The van der Waals surface area contributed by atoms with E-state index >= 15 is 0 Å². The van der Waals surface area contributed by atoms with Crippen molar-refractivity contribution in [2.45, 2.75) is 45.1 Å². The molecule has 3 heteroatoms. The lowest BCUT2D eigenvalue weighted by molar-refractivity contribution is 0.588. The molecule has 0 amide bonds. The van der Waals surface area contributed by atoms with Crippen LogP contribution in [0.5, 0.6) is 0 Å². The maximum Gasteiger partial charge on any atom is 0.0547 e. The molecule has 1 aliphatic carbocycles. The number of halogens is 2. The van der Waals surface area contributed by atoms with Crippen molar-refractivity contribution in [3.05, 3.63) is 44.9 Å². The van der Waals surface area contributed by atoms with Crippen LogP contribution in [0.3, 0.4) is 0 Å². The van der Waals surface area contributed by atoms with Gasteiger partial charge in [-0.25, -0.2) is 0 Å². The van der Waals surface area contributed by atoms with Gasteiger partial charge in [-0.1, -0.05) is 52.5 Å². The van der Waals surface area contributed by atoms with Gasteiger partial charge in [-0.3, -0.25) is 0 Å². The van der Waals surface area contributed by atoms with Gasteiger partial charge < -0.3 is 5.32 Å². The summed E-state index contributed by atoms with van der Waals surface area (Å²) in [6.07, 6.45) is 8.78. The van der Waals surface area contributed by atoms with E-state index < -0.39 is 0 Å². The second kappa shape index (κ2) is 7.47. The summed E-state index contributed by atoms with van der Waals surface area (Å²) in [5.41, 5.74) is 2.77. The van der Waals surface area contributed by atoms with Gasteiger partial charge >= 0.3 is 0 Å². The van der Waals surface area contributed by atoms with Crippen LogP contribution in [0.4, 0.5) is 0 Å². The van der Waals surface area contributed by atoms with Gasteiger partial charge in [-0.15, -0.1) is 0 Å². The van der Waals surface area contributed by atoms with Crippen LogP contribution in [0, 0.1) is 0 Å². The van der Waals surface area contributed by atoms with E-state index in [4.69, 9.17) is 11.6 Å². The van der Waals surface area contributed by atoms with Gasteiger partial charge in [-0.2, -0.15) is 0 Å². The Bertz CT molecular complexity index is 456. The van der Waals surface area contributed by atoms with Crippen molar-refractivity contribution < 1.29 is 0 Å². The number of benzene rings is 1. The molecule has 0 aromatic heterocycles. The third-order valence-corrected chi connectivity index (χ3v) is 4.58. The summed E-state index contributed by atoms with van der Waals surface area (Å²) in [6, 6.07) is 6.33. The van der Waals surface area contributed by atoms with Crippen LogP contribution in [0.2, 0.25) is 5.02 Å². The molecule has 0 heterocycles. The molecule has 1 aliphatic rings. The first-order valence-electron chi connectivity index (χ1n) is 7.09. The van der Waals surface area contributed by atoms with Crippen molar-refractivity contribution in [2.75, 3.05) is 6.54 Å². The van der Waals surface area contributed by atoms with Crippen LogP contribution in [0.1, 0.15) is 50.6 Å². The zero-order chi connectivity index (χ0) is 13.7. The molecule has 1 nitrogen and oxygen atoms in total. The molecule has 104 valence electrons. The maximum absolute atomic E-state index is 6.16. The number of hydrogen-bond donors (Lipinski definition) is 1. The average molecular weight is 343 g/mol. The molecule has 2 rings (SSSR count). The van der Waals surface area contributed by atoms with Crippen molar-refractivity contribution in [3.8, 4) is 0 Å². The number of hydrogen-bond acceptors (Lipinski definition) is 1. The van der Waals surface area contributed by atoms with Crippen LogP contribution >= 0.6 is 27.5 Å². The Morgan fingerprint density at radius 1 is 1.32 bits per heavy atom. The lowest BCUT2D eigenvalue weighted by Crippen LogP contribution is -2.23. The Kier molecular flexibility index (Phi) is 5.93. The summed E-state index contributed by atoms with van der Waals surface area (Å²) < 4.78 is 1.13. The first-order valence-corrected chi connectivity index (χ1v) is 8.26. The third kappa shape index (κ3) is 4.08. The van der Waals surface area contributed by atoms with E-state index in [-0.39, 0.29) is 6.04 Å². The van der Waals surface area contributed by atoms with E-state index in [9.17, 15) is 0 Å². The number of nitrogens with one attached hydrogen (secondary N) is 1. The molecule has 1 atom stereocenters. The van der Waals surface area contributed by atoms with E-state index in [1.165, 1.54) is 43.2 Å². The van der Waals surface area contributed by atoms with Crippen LogP contribution in [0.25, 0.3) is 0 Å². The highest BCUT2D eigenvalue weighted by molar-refractivity contribution is 9.10. The Labute approximate surface area is 129 Å². The van der Waals surface area contributed by atoms with Gasteiger partial charge in [-0.05, 0) is 56.0 Å². The quantitative estimate of drug-likeness (QED) is 0.698. The summed E-state index contributed by atoms with van der Waals surface area (Å²) in [6.45, 7) is 3.11. The second-order valence-electron chi connectivity index (χ2n) is 5.03. The summed E-state index contributed by atoms with van der Waals surface area (Å²) in [7, 11) is 0. The molecule has 0 aliphatic heterocycles. The molecule has 1 aromatic carbocycles. The summed E-state index contributed by atoms with van der Waals surface area (Å²) in [5.74, 6) is 0. The second-order valence-corrected chi connectivity index (χ2v) is 6.33. The molecular formula is C16H21BrClN. The molecule has 0 spiro atoms. The SMILES string of the molecule is CCNC(C1=CCCCCC1)c1cc(Cl)ccc1Br. The Morgan fingerprint density at radius 3 is 2.95 bits per heavy atom. The number of rotatable bonds is 4. The van der Waals surface area contributed by atoms with Crippen molar-refractivity contribution in [2.24, 2.45) is 0 Å². The first kappa shape index (κ1) is 15.1. The van der Waals surface area contributed by atoms with E-state index in [1.54, 1.807) is 0 Å². The third-order valence-electron chi connectivity index (χ3n) is 3.62. The number of likely N-dealkylation sites (N-methyl/N-ethyl adjacent to an activating group) is 1. The molecule has 1 aromatic rings. The van der Waals surface area contributed by atoms with Crippen molar-refractivity contribution in [1.82, 2.24) is 5.32 Å². The van der Waals surface area contributed by atoms with Gasteiger partial charge in [0, 0.05) is 9.50 Å². The van der Waals surface area contributed by atoms with Crippen LogP contribution in [-0.4, -0.2) is 6.54 Å². The highest BCUT2D eigenvalue weighted by Gasteiger charge is 2.19. The minimum Gasteiger partial charge on any atom is -0.307 e. The predicted molar refractivity (Wildman–Crippen MR) is 86.7 cm³/mol. The number of allylic oxidation sites excluding steroid dienone is 1. The molecule has 19 heavy (non-hydrogen) atoms. The maximum atomic E-state index is 6.16. The fourth-order valence-corrected chi connectivity index (χ4v) is 3.34. The summed E-state index contributed by atoms with van der Waals surface area (Å²) in [5, 5.41) is 4.41. The Balaban J connectivity index is 2.32. The smallest absolute Gasteiger partial charge is 0.0547 e. The zero-order valence-corrected chi connectivity index (χ0v) is 13.7. The van der Waals surface area contributed by atoms with Crippen LogP contribution < -0.4 is 5.32 Å². The minimum atomic E-state index is 0.288. The predicted octanol–water partition coefficient (Wildman–Crippen LogP) is 5.64. The van der Waals surface area contributed by atoms with Gasteiger partial charge in [0.1, 0.15) is 0 Å². The van der Waals surface area contributed by atoms with E-state index in [0.29, 0.717) is 0 Å². The van der Waals surface area contributed by atoms with Crippen molar-refractivity contribution in [1.29, 1.82) is 0 Å². The zero-order valence-electron chi connectivity index (χ0n) is 11.4.